The first kappa shape index (κ1) is 22.8. The van der Waals surface area contributed by atoms with E-state index in [1.807, 2.05) is 36.4 Å². The van der Waals surface area contributed by atoms with Crippen molar-refractivity contribution in [2.45, 2.75) is 12.8 Å². The van der Waals surface area contributed by atoms with Crippen molar-refractivity contribution in [1.29, 1.82) is 0 Å². The number of rotatable bonds is 8. The zero-order valence-electron chi connectivity index (χ0n) is 17.7. The van der Waals surface area contributed by atoms with Gasteiger partial charge in [0, 0.05) is 36.2 Å². The molecular weight excluding hydrogens is 460 g/mol. The number of aromatic nitrogens is 1. The number of carboxylic acids is 1. The van der Waals surface area contributed by atoms with Gasteiger partial charge in [0.25, 0.3) is 5.91 Å². The van der Waals surface area contributed by atoms with E-state index in [0.29, 0.717) is 38.5 Å². The molecule has 1 saturated heterocycles. The fourth-order valence-corrected chi connectivity index (χ4v) is 4.65. The predicted molar refractivity (Wildman–Crippen MR) is 132 cm³/mol. The number of aliphatic carboxylic acids is 1. The Kier molecular flexibility index (Phi) is 6.90. The Morgan fingerprint density at radius 2 is 2.03 bits per heavy atom. The Morgan fingerprint density at radius 1 is 1.21 bits per heavy atom. The molecule has 7 nitrogen and oxygen atoms in total. The lowest BCUT2D eigenvalue weighted by molar-refractivity contribution is -0.137. The number of carboxylic acid groups (broad SMARTS) is 1. The van der Waals surface area contributed by atoms with Gasteiger partial charge in [-0.05, 0) is 36.8 Å². The summed E-state index contributed by atoms with van der Waals surface area (Å²) < 4.78 is 12.0. The van der Waals surface area contributed by atoms with E-state index in [0.717, 1.165) is 10.9 Å². The number of hydrogen-bond donors (Lipinski definition) is 1. The molecule has 3 aromatic rings. The van der Waals surface area contributed by atoms with Crippen LogP contribution in [0.15, 0.2) is 59.6 Å². The number of amides is 1. The number of methoxy groups -OCH3 is 1. The van der Waals surface area contributed by atoms with E-state index in [-0.39, 0.29) is 18.9 Å². The van der Waals surface area contributed by atoms with Crippen molar-refractivity contribution in [3.63, 3.8) is 0 Å². The van der Waals surface area contributed by atoms with Crippen LogP contribution in [0, 0.1) is 0 Å². The Balaban J connectivity index is 1.65. The highest BCUT2D eigenvalue weighted by molar-refractivity contribution is 8.26. The number of fused-ring (bicyclic) bond motifs is 1. The minimum atomic E-state index is -0.904. The van der Waals surface area contributed by atoms with Gasteiger partial charge in [-0.2, -0.15) is 0 Å². The van der Waals surface area contributed by atoms with Crippen molar-refractivity contribution in [1.82, 2.24) is 9.88 Å². The number of hydrogen-bond acceptors (Lipinski definition) is 7. The summed E-state index contributed by atoms with van der Waals surface area (Å²) in [4.78, 5) is 30.0. The molecule has 1 aliphatic heterocycles. The highest BCUT2D eigenvalue weighted by Crippen LogP contribution is 2.37. The standard InChI is InChI=1S/C24H20N2O5S2/c1-30-17-10-9-16(13-20-23(29)26(24(32)33-20)12-4-8-21(27)28)19(14-17)31-18-7-2-5-15-6-3-11-25-22(15)18/h2-3,5-7,9-11,13-14H,4,8,12H2,1H3,(H,27,28)/b20-13-. The van der Waals surface area contributed by atoms with Crippen LogP contribution in [0.25, 0.3) is 17.0 Å². The number of benzene rings is 2. The molecule has 168 valence electrons. The number of carbonyl (C=O) groups excluding carboxylic acids is 1. The third-order valence-corrected chi connectivity index (χ3v) is 6.35. The van der Waals surface area contributed by atoms with Gasteiger partial charge in [0.15, 0.2) is 5.75 Å². The zero-order chi connectivity index (χ0) is 23.4. The van der Waals surface area contributed by atoms with E-state index < -0.39 is 5.97 Å². The molecule has 1 fully saturated rings. The topological polar surface area (TPSA) is 89.0 Å². The molecule has 1 N–H and O–H groups in total. The Hall–Kier alpha value is -3.43. The molecule has 2 aromatic carbocycles. The minimum absolute atomic E-state index is 0.0222. The van der Waals surface area contributed by atoms with Gasteiger partial charge in [-0.3, -0.25) is 19.5 Å². The van der Waals surface area contributed by atoms with Crippen molar-refractivity contribution in [3.05, 3.63) is 65.2 Å². The van der Waals surface area contributed by atoms with Crippen LogP contribution in [0.4, 0.5) is 0 Å². The first-order chi connectivity index (χ1) is 16.0. The summed E-state index contributed by atoms with van der Waals surface area (Å²) in [7, 11) is 1.57. The summed E-state index contributed by atoms with van der Waals surface area (Å²) in [5, 5.41) is 9.79. The van der Waals surface area contributed by atoms with E-state index in [2.05, 4.69) is 4.98 Å². The largest absolute Gasteiger partial charge is 0.497 e. The Labute approximate surface area is 200 Å². The molecule has 33 heavy (non-hydrogen) atoms. The maximum atomic E-state index is 12.9. The van der Waals surface area contributed by atoms with E-state index in [4.69, 9.17) is 26.8 Å². The summed E-state index contributed by atoms with van der Waals surface area (Å²) in [6.07, 6.45) is 3.74. The molecule has 2 heterocycles. The van der Waals surface area contributed by atoms with Gasteiger partial charge < -0.3 is 14.6 Å². The quantitative estimate of drug-likeness (QED) is 0.352. The second-order valence-corrected chi connectivity index (χ2v) is 8.84. The van der Waals surface area contributed by atoms with Crippen LogP contribution >= 0.6 is 24.0 Å². The third kappa shape index (κ3) is 5.15. The van der Waals surface area contributed by atoms with Crippen LogP contribution in [0.5, 0.6) is 17.2 Å². The lowest BCUT2D eigenvalue weighted by atomic mass is 10.1. The second-order valence-electron chi connectivity index (χ2n) is 7.17. The third-order valence-electron chi connectivity index (χ3n) is 4.97. The van der Waals surface area contributed by atoms with Crippen molar-refractivity contribution in [2.75, 3.05) is 13.7 Å². The SMILES string of the molecule is COc1ccc(/C=C2\SC(=S)N(CCCC(=O)O)C2=O)c(Oc2cccc3cccnc23)c1. The maximum Gasteiger partial charge on any atom is 0.303 e. The van der Waals surface area contributed by atoms with E-state index >= 15 is 0 Å². The van der Waals surface area contributed by atoms with Crippen molar-refractivity contribution >= 4 is 57.2 Å². The summed E-state index contributed by atoms with van der Waals surface area (Å²) >= 11 is 6.53. The minimum Gasteiger partial charge on any atom is -0.497 e. The molecule has 1 aromatic heterocycles. The molecule has 1 aliphatic rings. The first-order valence-corrected chi connectivity index (χ1v) is 11.4. The lowest BCUT2D eigenvalue weighted by Crippen LogP contribution is -2.29. The number of carbonyl (C=O) groups is 2. The number of thiocarbonyl (C=S) groups is 1. The van der Waals surface area contributed by atoms with Gasteiger partial charge in [0.05, 0.1) is 12.0 Å². The summed E-state index contributed by atoms with van der Waals surface area (Å²) in [6.45, 7) is 0.266. The lowest BCUT2D eigenvalue weighted by Gasteiger charge is -2.13. The van der Waals surface area contributed by atoms with Crippen LogP contribution in [-0.4, -0.2) is 44.8 Å². The summed E-state index contributed by atoms with van der Waals surface area (Å²) in [5.41, 5.74) is 1.40. The van der Waals surface area contributed by atoms with Crippen LogP contribution < -0.4 is 9.47 Å². The van der Waals surface area contributed by atoms with E-state index in [1.54, 1.807) is 31.5 Å². The first-order valence-electron chi connectivity index (χ1n) is 10.1. The van der Waals surface area contributed by atoms with Gasteiger partial charge >= 0.3 is 5.97 Å². The van der Waals surface area contributed by atoms with Crippen LogP contribution in [-0.2, 0) is 9.59 Å². The average Bonchev–Trinajstić information content (AvgIpc) is 3.07. The number of para-hydroxylation sites is 1. The molecule has 0 unspecified atom stereocenters. The predicted octanol–water partition coefficient (Wildman–Crippen LogP) is 5.10. The maximum absolute atomic E-state index is 12.9. The van der Waals surface area contributed by atoms with E-state index in [9.17, 15) is 9.59 Å². The van der Waals surface area contributed by atoms with Crippen LogP contribution in [0.3, 0.4) is 0 Å². The van der Waals surface area contributed by atoms with Crippen molar-refractivity contribution in [3.8, 4) is 17.2 Å². The number of ether oxygens (including phenoxy) is 2. The number of thioether (sulfide) groups is 1. The molecule has 0 saturated carbocycles. The van der Waals surface area contributed by atoms with Gasteiger partial charge in [0.2, 0.25) is 0 Å². The number of pyridine rings is 1. The monoisotopic (exact) mass is 480 g/mol. The molecule has 4 rings (SSSR count). The second kappa shape index (κ2) is 10.0. The molecular formula is C24H20N2O5S2. The van der Waals surface area contributed by atoms with E-state index in [1.165, 1.54) is 16.7 Å². The van der Waals surface area contributed by atoms with Gasteiger partial charge in [-0.15, -0.1) is 0 Å². The smallest absolute Gasteiger partial charge is 0.303 e. The summed E-state index contributed by atoms with van der Waals surface area (Å²) in [5.74, 6) is 0.542. The summed E-state index contributed by atoms with van der Waals surface area (Å²) in [6, 6.07) is 14.8. The van der Waals surface area contributed by atoms with Crippen LogP contribution in [0.1, 0.15) is 18.4 Å². The molecule has 0 bridgehead atoms. The molecule has 0 aliphatic carbocycles. The Morgan fingerprint density at radius 3 is 2.82 bits per heavy atom. The fraction of sp³-hybridized carbons (Fsp3) is 0.167. The van der Waals surface area contributed by atoms with Gasteiger partial charge in [-0.25, -0.2) is 0 Å². The number of nitrogens with zero attached hydrogens (tertiary/aromatic N) is 2. The molecule has 9 heteroatoms. The molecule has 0 radical (unpaired) electrons. The van der Waals surface area contributed by atoms with Crippen molar-refractivity contribution < 1.29 is 24.2 Å². The molecule has 1 amide bonds. The normalized spacial score (nSPS) is 14.8. The molecule has 0 spiro atoms. The fourth-order valence-electron chi connectivity index (χ4n) is 3.35. The highest BCUT2D eigenvalue weighted by atomic mass is 32.2. The van der Waals surface area contributed by atoms with Gasteiger partial charge in [-0.1, -0.05) is 42.2 Å². The zero-order valence-corrected chi connectivity index (χ0v) is 19.3. The average molecular weight is 481 g/mol. The highest BCUT2D eigenvalue weighted by Gasteiger charge is 2.32. The Bertz CT molecular complexity index is 1270. The molecule has 0 atom stereocenters. The van der Waals surface area contributed by atoms with Gasteiger partial charge in [0.1, 0.15) is 21.3 Å². The van der Waals surface area contributed by atoms with Crippen molar-refractivity contribution in [2.24, 2.45) is 0 Å². The van der Waals surface area contributed by atoms with Crippen LogP contribution in [0.2, 0.25) is 0 Å².